The summed E-state index contributed by atoms with van der Waals surface area (Å²) in [5.74, 6) is 0.836. The molecule has 134 valence electrons. The zero-order valence-corrected chi connectivity index (χ0v) is 15.9. The summed E-state index contributed by atoms with van der Waals surface area (Å²) in [5.41, 5.74) is 0.983. The summed E-state index contributed by atoms with van der Waals surface area (Å²) in [6.07, 6.45) is 5.61. The Labute approximate surface area is 146 Å². The summed E-state index contributed by atoms with van der Waals surface area (Å²) in [6.45, 7) is 6.61. The highest BCUT2D eigenvalue weighted by Crippen LogP contribution is 2.32. The van der Waals surface area contributed by atoms with Crippen molar-refractivity contribution in [3.8, 4) is 0 Å². The molecular weight excluding hydrogens is 320 g/mol. The van der Waals surface area contributed by atoms with Crippen LogP contribution in [0.15, 0.2) is 29.2 Å². The highest BCUT2D eigenvalue weighted by atomic mass is 32.2. The molecule has 1 aliphatic heterocycles. The highest BCUT2D eigenvalue weighted by molar-refractivity contribution is 7.89. The molecule has 1 aliphatic carbocycles. The van der Waals surface area contributed by atoms with Crippen molar-refractivity contribution in [3.63, 3.8) is 0 Å². The van der Waals surface area contributed by atoms with Gasteiger partial charge in [0.2, 0.25) is 10.0 Å². The summed E-state index contributed by atoms with van der Waals surface area (Å²) < 4.78 is 27.4. The first-order chi connectivity index (χ1) is 11.4. The monoisotopic (exact) mass is 350 g/mol. The number of sulfonamides is 1. The first-order valence-corrected chi connectivity index (χ1v) is 10.6. The first kappa shape index (κ1) is 17.9. The van der Waals surface area contributed by atoms with Crippen molar-refractivity contribution >= 4 is 10.0 Å². The number of benzene rings is 1. The van der Waals surface area contributed by atoms with Crippen LogP contribution in [-0.4, -0.2) is 49.8 Å². The fraction of sp³-hybridized carbons (Fsp3) is 0.684. The van der Waals surface area contributed by atoms with Crippen LogP contribution in [0.1, 0.15) is 44.6 Å². The van der Waals surface area contributed by atoms with E-state index in [0.29, 0.717) is 10.9 Å². The predicted molar refractivity (Wildman–Crippen MR) is 97.5 cm³/mol. The summed E-state index contributed by atoms with van der Waals surface area (Å²) in [7, 11) is -1.64. The molecule has 3 rings (SSSR count). The molecule has 0 amide bonds. The molecule has 2 aliphatic rings. The molecule has 0 bridgehead atoms. The van der Waals surface area contributed by atoms with E-state index in [2.05, 4.69) is 11.8 Å². The lowest BCUT2D eigenvalue weighted by molar-refractivity contribution is 0.136. The summed E-state index contributed by atoms with van der Waals surface area (Å²) >= 11 is 0. The molecule has 0 unspecified atom stereocenters. The van der Waals surface area contributed by atoms with Crippen LogP contribution in [0.2, 0.25) is 0 Å². The van der Waals surface area contributed by atoms with Gasteiger partial charge < -0.3 is 4.90 Å². The van der Waals surface area contributed by atoms with E-state index in [1.807, 2.05) is 19.1 Å². The molecule has 0 N–H and O–H groups in total. The lowest BCUT2D eigenvalue weighted by Gasteiger charge is -2.35. The Morgan fingerprint density at radius 1 is 1.12 bits per heavy atom. The van der Waals surface area contributed by atoms with Crippen LogP contribution in [0.3, 0.4) is 0 Å². The van der Waals surface area contributed by atoms with Gasteiger partial charge in [-0.05, 0) is 75.7 Å². The van der Waals surface area contributed by atoms with Gasteiger partial charge in [-0.1, -0.05) is 19.1 Å². The van der Waals surface area contributed by atoms with Crippen molar-refractivity contribution in [2.24, 2.45) is 5.92 Å². The zero-order chi connectivity index (χ0) is 17.3. The molecule has 2 fully saturated rings. The molecule has 1 heterocycles. The largest absolute Gasteiger partial charge is 0.300 e. The van der Waals surface area contributed by atoms with Crippen LogP contribution in [0.4, 0.5) is 0 Å². The lowest BCUT2D eigenvalue weighted by atomic mass is 9.97. The van der Waals surface area contributed by atoms with Crippen LogP contribution in [0, 0.1) is 12.8 Å². The van der Waals surface area contributed by atoms with Crippen molar-refractivity contribution < 1.29 is 8.42 Å². The van der Waals surface area contributed by atoms with Gasteiger partial charge in [-0.2, -0.15) is 4.31 Å². The van der Waals surface area contributed by atoms with E-state index < -0.39 is 10.0 Å². The molecule has 1 saturated carbocycles. The fourth-order valence-corrected chi connectivity index (χ4v) is 5.63. The van der Waals surface area contributed by atoms with E-state index in [1.54, 1.807) is 23.5 Å². The minimum Gasteiger partial charge on any atom is -0.300 e. The molecule has 0 radical (unpaired) electrons. The Balaban J connectivity index is 1.66. The van der Waals surface area contributed by atoms with Crippen molar-refractivity contribution in [3.05, 3.63) is 29.8 Å². The molecule has 0 aromatic heterocycles. The van der Waals surface area contributed by atoms with Gasteiger partial charge in [0.05, 0.1) is 4.90 Å². The molecule has 1 saturated heterocycles. The van der Waals surface area contributed by atoms with Gasteiger partial charge in [0.15, 0.2) is 0 Å². The number of rotatable bonds is 4. The second-order valence-electron chi connectivity index (χ2n) is 7.68. The van der Waals surface area contributed by atoms with Gasteiger partial charge in [0, 0.05) is 19.1 Å². The minimum absolute atomic E-state index is 0.125. The maximum atomic E-state index is 12.9. The average Bonchev–Trinajstić information content (AvgIpc) is 3.04. The Kier molecular flexibility index (Phi) is 5.33. The van der Waals surface area contributed by atoms with Crippen LogP contribution in [-0.2, 0) is 10.0 Å². The molecule has 1 aromatic rings. The first-order valence-electron chi connectivity index (χ1n) is 9.16. The summed E-state index contributed by atoms with van der Waals surface area (Å²) in [6, 6.07) is 7.91. The van der Waals surface area contributed by atoms with Crippen molar-refractivity contribution in [1.29, 1.82) is 0 Å². The second-order valence-corrected chi connectivity index (χ2v) is 9.67. The van der Waals surface area contributed by atoms with Gasteiger partial charge in [-0.25, -0.2) is 8.42 Å². The van der Waals surface area contributed by atoms with Crippen molar-refractivity contribution in [1.82, 2.24) is 9.21 Å². The number of likely N-dealkylation sites (tertiary alicyclic amines) is 1. The van der Waals surface area contributed by atoms with E-state index in [0.717, 1.165) is 30.7 Å². The Bertz CT molecular complexity index is 666. The van der Waals surface area contributed by atoms with E-state index in [4.69, 9.17) is 0 Å². The summed E-state index contributed by atoms with van der Waals surface area (Å²) in [5, 5.41) is 0. The predicted octanol–water partition coefficient (Wildman–Crippen LogP) is 3.27. The summed E-state index contributed by atoms with van der Waals surface area (Å²) in [4.78, 5) is 3.01. The quantitative estimate of drug-likeness (QED) is 0.837. The molecule has 2 atom stereocenters. The molecule has 4 nitrogen and oxygen atoms in total. The topological polar surface area (TPSA) is 40.6 Å². The Morgan fingerprint density at radius 3 is 2.50 bits per heavy atom. The van der Waals surface area contributed by atoms with Crippen LogP contribution in [0.5, 0.6) is 0 Å². The molecular formula is C19H30N2O2S. The standard InChI is InChI=1S/C19H30N2O2S/c1-15-9-11-21(12-10-15)18-8-7-17(14-18)20(3)24(22,23)19-6-4-5-16(2)13-19/h4-6,13,15,17-18H,7-12,14H2,1-3H3/t17-,18+/m0/s1. The van der Waals surface area contributed by atoms with Crippen LogP contribution < -0.4 is 0 Å². The van der Waals surface area contributed by atoms with E-state index in [-0.39, 0.29) is 6.04 Å². The van der Waals surface area contributed by atoms with Crippen molar-refractivity contribution in [2.45, 2.75) is 62.9 Å². The Hall–Kier alpha value is -0.910. The van der Waals surface area contributed by atoms with E-state index in [9.17, 15) is 8.42 Å². The molecule has 1 aromatic carbocycles. The van der Waals surface area contributed by atoms with Gasteiger partial charge in [0.1, 0.15) is 0 Å². The molecule has 5 heteroatoms. The average molecular weight is 351 g/mol. The molecule has 0 spiro atoms. The second kappa shape index (κ2) is 7.14. The smallest absolute Gasteiger partial charge is 0.243 e. The minimum atomic E-state index is -3.39. The van der Waals surface area contributed by atoms with Crippen LogP contribution in [0.25, 0.3) is 0 Å². The highest BCUT2D eigenvalue weighted by Gasteiger charge is 2.36. The van der Waals surface area contributed by atoms with Gasteiger partial charge in [-0.15, -0.1) is 0 Å². The lowest BCUT2D eigenvalue weighted by Crippen LogP contribution is -2.41. The normalized spacial score (nSPS) is 27.0. The SMILES string of the molecule is Cc1cccc(S(=O)(=O)N(C)[C@H]2CC[C@@H](N3CCC(C)CC3)C2)c1. The van der Waals surface area contributed by atoms with Gasteiger partial charge >= 0.3 is 0 Å². The maximum absolute atomic E-state index is 12.9. The molecule has 24 heavy (non-hydrogen) atoms. The number of piperidine rings is 1. The van der Waals surface area contributed by atoms with Crippen molar-refractivity contribution in [2.75, 3.05) is 20.1 Å². The van der Waals surface area contributed by atoms with E-state index >= 15 is 0 Å². The zero-order valence-electron chi connectivity index (χ0n) is 15.1. The number of aryl methyl sites for hydroxylation is 1. The van der Waals surface area contributed by atoms with Gasteiger partial charge in [-0.3, -0.25) is 0 Å². The third-order valence-corrected chi connectivity index (χ3v) is 7.80. The number of hydrogen-bond donors (Lipinski definition) is 0. The fourth-order valence-electron chi connectivity index (χ4n) is 4.13. The third-order valence-electron chi connectivity index (χ3n) is 5.89. The van der Waals surface area contributed by atoms with E-state index in [1.165, 1.54) is 25.9 Å². The van der Waals surface area contributed by atoms with Crippen LogP contribution >= 0.6 is 0 Å². The number of hydrogen-bond acceptors (Lipinski definition) is 3. The van der Waals surface area contributed by atoms with Gasteiger partial charge in [0.25, 0.3) is 0 Å². The Morgan fingerprint density at radius 2 is 1.83 bits per heavy atom. The maximum Gasteiger partial charge on any atom is 0.243 e. The number of nitrogens with zero attached hydrogens (tertiary/aromatic N) is 2. The third kappa shape index (κ3) is 3.68.